The van der Waals surface area contributed by atoms with Crippen LogP contribution < -0.4 is 0 Å². The van der Waals surface area contributed by atoms with Crippen LogP contribution in [0.1, 0.15) is 113 Å². The third-order valence-corrected chi connectivity index (χ3v) is 10.5. The van der Waals surface area contributed by atoms with E-state index in [4.69, 9.17) is 17.0 Å². The molecule has 0 N–H and O–H groups in total. The Kier molecular flexibility index (Phi) is 19.6. The molecule has 0 aromatic heterocycles. The van der Waals surface area contributed by atoms with Crippen molar-refractivity contribution in [3.05, 3.63) is 129 Å². The second kappa shape index (κ2) is 22.6. The van der Waals surface area contributed by atoms with Crippen LogP contribution in [0.25, 0.3) is 43.8 Å². The fourth-order valence-electron chi connectivity index (χ4n) is 7.36. The van der Waals surface area contributed by atoms with Gasteiger partial charge in [0.25, 0.3) is 0 Å². The van der Waals surface area contributed by atoms with Crippen LogP contribution in [0.3, 0.4) is 0 Å². The Balaban J connectivity index is 0.000000313. The monoisotopic (exact) mass is 1070 g/mol. The molecule has 0 saturated heterocycles. The Morgan fingerprint density at radius 2 is 0.727 bits per heavy atom. The molecule has 0 aliphatic carbocycles. The topological polar surface area (TPSA) is 0 Å². The van der Waals surface area contributed by atoms with Crippen LogP contribution in [0.4, 0.5) is 52.7 Å². The molecule has 66 heavy (non-hydrogen) atoms. The predicted octanol–water partition coefficient (Wildman–Crippen LogP) is 19.2. The van der Waals surface area contributed by atoms with Crippen LogP contribution in [-0.2, 0) is 69.2 Å². The first kappa shape index (κ1) is 57.3. The van der Waals surface area contributed by atoms with Gasteiger partial charge >= 0.3 is 62.6 Å². The summed E-state index contributed by atoms with van der Waals surface area (Å²) in [7, 11) is 11.0. The number of halogens is 14. The molecule has 6 aromatic carbocycles. The van der Waals surface area contributed by atoms with E-state index in [2.05, 4.69) is 13.1 Å². The Morgan fingerprint density at radius 3 is 0.939 bits per heavy atom. The van der Waals surface area contributed by atoms with E-state index in [1.807, 2.05) is 91.8 Å². The molecule has 0 atom stereocenters. The van der Waals surface area contributed by atoms with E-state index in [-0.39, 0.29) is 34.1 Å². The van der Waals surface area contributed by atoms with Gasteiger partial charge in [0.1, 0.15) is 0 Å². The molecule has 6 aromatic rings. The standard InChI is InChI=1S/2C24H23F6.C2H6Si.2ClH.Zr/c2*1-5-6-14-7-8-15-9-17(22(2,3)4)13-20(15)21(14)16-10-18(23(25,26)27)12-19(11-16)24(28,29)30;1-3-2;;;/h2*7-13H,5-6H2,1-4H3;1-2H3;2*1H;/q2*-1;;;;+4/p-2. The molecule has 0 saturated carbocycles. The average molecular weight is 1070 g/mol. The van der Waals surface area contributed by atoms with Crippen molar-refractivity contribution in [2.45, 2.75) is 130 Å². The van der Waals surface area contributed by atoms with Gasteiger partial charge in [-0.05, 0) is 71.2 Å². The normalized spacial score (nSPS) is 12.5. The number of benzene rings is 4. The van der Waals surface area contributed by atoms with E-state index in [0.717, 1.165) is 79.7 Å². The fraction of sp³-hybridized carbons (Fsp3) is 0.400. The Bertz CT molecular complexity index is 2290. The summed E-state index contributed by atoms with van der Waals surface area (Å²) in [5, 5.41) is 2.97. The van der Waals surface area contributed by atoms with Crippen molar-refractivity contribution in [3.63, 3.8) is 0 Å². The van der Waals surface area contributed by atoms with Crippen LogP contribution >= 0.6 is 17.0 Å². The minimum absolute atomic E-state index is 0.0581. The van der Waals surface area contributed by atoms with Gasteiger partial charge in [0.05, 0.1) is 22.3 Å². The molecule has 358 valence electrons. The van der Waals surface area contributed by atoms with E-state index in [0.29, 0.717) is 34.7 Å². The minimum atomic E-state index is -4.88. The number of aryl methyl sites for hydroxylation is 2. The number of hydrogen-bond acceptors (Lipinski definition) is 0. The van der Waals surface area contributed by atoms with Crippen molar-refractivity contribution >= 4 is 48.1 Å². The molecule has 0 amide bonds. The molecule has 0 aliphatic rings. The molecule has 0 bridgehead atoms. The van der Waals surface area contributed by atoms with Crippen LogP contribution in [0.2, 0.25) is 13.1 Å². The van der Waals surface area contributed by atoms with Gasteiger partial charge in [0, 0.05) is 9.52 Å². The van der Waals surface area contributed by atoms with Gasteiger partial charge in [0.15, 0.2) is 0 Å². The quantitative estimate of drug-likeness (QED) is 0.0886. The molecule has 0 nitrogen and oxygen atoms in total. The zero-order valence-corrected chi connectivity index (χ0v) is 43.2. The van der Waals surface area contributed by atoms with E-state index in [1.54, 1.807) is 12.1 Å². The zero-order valence-electron chi connectivity index (χ0n) is 38.2. The van der Waals surface area contributed by atoms with E-state index < -0.39 is 67.8 Å². The first-order chi connectivity index (χ1) is 30.3. The molecule has 0 fully saturated rings. The van der Waals surface area contributed by atoms with E-state index >= 15 is 0 Å². The number of hydrogen-bond donors (Lipinski definition) is 0. The first-order valence-corrected chi connectivity index (χ1v) is 29.2. The van der Waals surface area contributed by atoms with E-state index in [1.165, 1.54) is 0 Å². The summed E-state index contributed by atoms with van der Waals surface area (Å²) in [6.45, 7) is 20.2. The van der Waals surface area contributed by atoms with Gasteiger partial charge in [-0.2, -0.15) is 64.8 Å². The second-order valence-electron chi connectivity index (χ2n) is 17.9. The molecular formula is C50H52Cl2F12SiZr. The fourth-order valence-corrected chi connectivity index (χ4v) is 7.36. The third kappa shape index (κ3) is 15.0. The van der Waals surface area contributed by atoms with Crippen LogP contribution in [0, 0.1) is 0 Å². The van der Waals surface area contributed by atoms with Crippen LogP contribution in [0.5, 0.6) is 0 Å². The van der Waals surface area contributed by atoms with E-state index in [9.17, 15) is 52.7 Å². The van der Waals surface area contributed by atoms with Gasteiger partial charge in [-0.1, -0.05) is 104 Å². The number of rotatable bonds is 6. The molecule has 6 rings (SSSR count). The van der Waals surface area contributed by atoms with Crippen LogP contribution in [0.15, 0.2) is 84.9 Å². The van der Waals surface area contributed by atoms with Gasteiger partial charge in [-0.3, -0.25) is 0 Å². The summed E-state index contributed by atoms with van der Waals surface area (Å²) in [5.41, 5.74) is -1.37. The number of fused-ring (bicyclic) bond motifs is 2. The Labute approximate surface area is 400 Å². The summed E-state index contributed by atoms with van der Waals surface area (Å²) in [6, 6.07) is 18.7. The molecular weight excluding hydrogens is 1020 g/mol. The molecule has 0 aliphatic heterocycles. The molecule has 0 unspecified atom stereocenters. The summed E-state index contributed by atoms with van der Waals surface area (Å²) < 4.78 is 161. The predicted molar refractivity (Wildman–Crippen MR) is 245 cm³/mol. The van der Waals surface area contributed by atoms with Crippen molar-refractivity contribution in [3.8, 4) is 22.3 Å². The molecule has 0 heterocycles. The first-order valence-electron chi connectivity index (χ1n) is 20.9. The average Bonchev–Trinajstić information content (AvgIpc) is 3.83. The SMILES string of the molecule is CCCc1ccc2[cH-]c(C(C)(C)C)cc2c1-c1cc(C(F)(F)F)cc(C(F)(F)F)c1.CCCc1ccc2[cH-]c(C(C)(C)C)cc2c1-c1cc(C(F)(F)F)cc(C(F)(F)F)c1.C[Si]C.[Cl][Zr+2][Cl]. The van der Waals surface area contributed by atoms with Crippen molar-refractivity contribution < 1.29 is 73.5 Å². The molecule has 2 radical (unpaired) electrons. The summed E-state index contributed by atoms with van der Waals surface area (Å²) in [5.74, 6) is 0. The van der Waals surface area contributed by atoms with Crippen molar-refractivity contribution in [2.24, 2.45) is 0 Å². The van der Waals surface area contributed by atoms with Gasteiger partial charge in [-0.15, -0.1) is 69.1 Å². The maximum atomic E-state index is 13.4. The van der Waals surface area contributed by atoms with Crippen molar-refractivity contribution in [1.82, 2.24) is 0 Å². The number of alkyl halides is 12. The van der Waals surface area contributed by atoms with Crippen LogP contribution in [-0.4, -0.2) is 9.52 Å². The molecule has 0 spiro atoms. The summed E-state index contributed by atoms with van der Waals surface area (Å²) >= 11 is -0.826. The van der Waals surface area contributed by atoms with Gasteiger partial charge in [-0.25, -0.2) is 0 Å². The van der Waals surface area contributed by atoms with Gasteiger partial charge < -0.3 is 0 Å². The molecule has 16 heteroatoms. The van der Waals surface area contributed by atoms with Crippen molar-refractivity contribution in [2.75, 3.05) is 0 Å². The summed E-state index contributed by atoms with van der Waals surface area (Å²) in [4.78, 5) is 0. The summed E-state index contributed by atoms with van der Waals surface area (Å²) in [6.07, 6.45) is -17.0. The Morgan fingerprint density at radius 1 is 0.470 bits per heavy atom. The van der Waals surface area contributed by atoms with Gasteiger partial charge in [0.2, 0.25) is 0 Å². The zero-order chi connectivity index (χ0) is 50.4. The third-order valence-electron chi connectivity index (χ3n) is 10.5. The van der Waals surface area contributed by atoms with Crippen molar-refractivity contribution in [1.29, 1.82) is 0 Å². The Hall–Kier alpha value is -3.06. The second-order valence-corrected chi connectivity index (χ2v) is 22.6. The maximum absolute atomic E-state index is 13.4.